The monoisotopic (exact) mass is 413 g/mol. The fraction of sp³-hybridized carbons (Fsp3) is 0.278. The largest absolute Gasteiger partial charge is 0.352 e. The minimum absolute atomic E-state index is 0.267. The van der Waals surface area contributed by atoms with E-state index in [2.05, 4.69) is 25.3 Å². The van der Waals surface area contributed by atoms with Gasteiger partial charge in [-0.15, -0.1) is 5.10 Å². The van der Waals surface area contributed by atoms with Crippen molar-refractivity contribution in [3.8, 4) is 0 Å². The van der Waals surface area contributed by atoms with E-state index in [0.29, 0.717) is 21.7 Å². The van der Waals surface area contributed by atoms with Crippen LogP contribution in [0.2, 0.25) is 0 Å². The summed E-state index contributed by atoms with van der Waals surface area (Å²) in [6, 6.07) is 5.39. The molecule has 11 heteroatoms. The van der Waals surface area contributed by atoms with Gasteiger partial charge in [0, 0.05) is 18.8 Å². The van der Waals surface area contributed by atoms with E-state index < -0.39 is 17.4 Å². The van der Waals surface area contributed by atoms with Gasteiger partial charge >= 0.3 is 5.69 Å². The van der Waals surface area contributed by atoms with Crippen molar-refractivity contribution in [1.29, 1.82) is 0 Å². The third-order valence-electron chi connectivity index (χ3n) is 4.77. The molecule has 1 fully saturated rings. The summed E-state index contributed by atoms with van der Waals surface area (Å²) in [5, 5.41) is 7.82. The molecule has 4 heterocycles. The maximum absolute atomic E-state index is 13.0. The van der Waals surface area contributed by atoms with Crippen LogP contribution in [0.5, 0.6) is 0 Å². The quantitative estimate of drug-likeness (QED) is 0.549. The number of carbonyl (C=O) groups is 1. The lowest BCUT2D eigenvalue weighted by Gasteiger charge is -2.11. The van der Waals surface area contributed by atoms with Crippen LogP contribution >= 0.6 is 11.3 Å². The molecule has 0 atom stereocenters. The summed E-state index contributed by atoms with van der Waals surface area (Å²) in [5.74, 6) is -0.831. The van der Waals surface area contributed by atoms with Crippen molar-refractivity contribution in [2.24, 2.45) is 0 Å². The fourth-order valence-corrected chi connectivity index (χ4v) is 4.39. The maximum atomic E-state index is 13.0. The van der Waals surface area contributed by atoms with Gasteiger partial charge in [0.2, 0.25) is 5.91 Å². The van der Waals surface area contributed by atoms with E-state index >= 15 is 0 Å². The highest BCUT2D eigenvalue weighted by Crippen LogP contribution is 2.31. The smallest absolute Gasteiger partial charge is 0.348 e. The van der Waals surface area contributed by atoms with Crippen molar-refractivity contribution in [3.05, 3.63) is 46.9 Å². The Morgan fingerprint density at radius 2 is 1.97 bits per heavy atom. The molecule has 148 valence electrons. The van der Waals surface area contributed by atoms with Gasteiger partial charge in [-0.1, -0.05) is 11.3 Å². The van der Waals surface area contributed by atoms with Gasteiger partial charge < -0.3 is 10.2 Å². The molecule has 0 aliphatic carbocycles. The average molecular weight is 413 g/mol. The van der Waals surface area contributed by atoms with E-state index in [9.17, 15) is 14.0 Å². The first-order valence-corrected chi connectivity index (χ1v) is 9.95. The van der Waals surface area contributed by atoms with E-state index in [1.54, 1.807) is 0 Å². The number of hydrogen-bond donors (Lipinski definition) is 1. The van der Waals surface area contributed by atoms with Crippen LogP contribution in [0.3, 0.4) is 0 Å². The second-order valence-electron chi connectivity index (χ2n) is 6.78. The number of thiazole rings is 1. The predicted octanol–water partition coefficient (Wildman–Crippen LogP) is 1.88. The van der Waals surface area contributed by atoms with Crippen molar-refractivity contribution >= 4 is 44.1 Å². The van der Waals surface area contributed by atoms with Crippen molar-refractivity contribution in [2.75, 3.05) is 23.3 Å². The highest BCUT2D eigenvalue weighted by Gasteiger charge is 2.20. The first kappa shape index (κ1) is 17.7. The van der Waals surface area contributed by atoms with Gasteiger partial charge in [0.05, 0.1) is 0 Å². The van der Waals surface area contributed by atoms with E-state index in [-0.39, 0.29) is 6.54 Å². The number of hydrogen-bond acceptors (Lipinski definition) is 7. The first-order valence-electron chi connectivity index (χ1n) is 9.13. The average Bonchev–Trinajstić information content (AvgIpc) is 3.43. The zero-order chi connectivity index (χ0) is 20.0. The van der Waals surface area contributed by atoms with E-state index in [0.717, 1.165) is 35.7 Å². The molecule has 1 N–H and O–H groups in total. The van der Waals surface area contributed by atoms with Crippen LogP contribution in [0.25, 0.3) is 16.0 Å². The summed E-state index contributed by atoms with van der Waals surface area (Å²) in [4.78, 5) is 36.0. The number of carbonyl (C=O) groups excluding carboxylic acids is 1. The van der Waals surface area contributed by atoms with Gasteiger partial charge in [-0.3, -0.25) is 4.79 Å². The summed E-state index contributed by atoms with van der Waals surface area (Å²) in [6.07, 6.45) is 3.65. The normalized spacial score (nSPS) is 14.2. The van der Waals surface area contributed by atoms with Gasteiger partial charge in [0.1, 0.15) is 23.4 Å². The van der Waals surface area contributed by atoms with Crippen LogP contribution in [0.4, 0.5) is 15.2 Å². The van der Waals surface area contributed by atoms with Crippen molar-refractivity contribution in [1.82, 2.24) is 24.1 Å². The van der Waals surface area contributed by atoms with Crippen LogP contribution in [-0.2, 0) is 11.3 Å². The molecule has 9 nitrogen and oxygen atoms in total. The number of rotatable bonds is 4. The number of benzene rings is 1. The highest BCUT2D eigenvalue weighted by molar-refractivity contribution is 7.22. The number of nitrogens with one attached hydrogen (secondary N) is 1. The summed E-state index contributed by atoms with van der Waals surface area (Å²) in [5.41, 5.74) is 0.949. The number of halogens is 1. The van der Waals surface area contributed by atoms with E-state index in [4.69, 9.17) is 0 Å². The number of amides is 1. The van der Waals surface area contributed by atoms with Crippen LogP contribution < -0.4 is 15.9 Å². The van der Waals surface area contributed by atoms with Gasteiger partial charge in [0.25, 0.3) is 0 Å². The number of anilines is 2. The number of nitrogens with zero attached hydrogens (tertiary/aromatic N) is 6. The molecule has 0 saturated carbocycles. The van der Waals surface area contributed by atoms with Gasteiger partial charge in [-0.05, 0) is 37.1 Å². The molecular weight excluding hydrogens is 397 g/mol. The lowest BCUT2D eigenvalue weighted by Crippen LogP contribution is -2.28. The molecule has 0 radical (unpaired) electrons. The molecular formula is C18H16FN7O2S. The molecule has 4 aromatic rings. The Labute approximate surface area is 167 Å². The Morgan fingerprint density at radius 1 is 1.21 bits per heavy atom. The topological polar surface area (TPSA) is 97.4 Å². The SMILES string of the molecule is O=C(Cn1nc2c3sc(N4CCCC4)nc3ncn2c1=O)Nc1ccc(F)cc1. The van der Waals surface area contributed by atoms with Crippen LogP contribution in [0, 0.1) is 5.82 Å². The number of aromatic nitrogens is 5. The lowest BCUT2D eigenvalue weighted by molar-refractivity contribution is -0.117. The Morgan fingerprint density at radius 3 is 2.72 bits per heavy atom. The fourth-order valence-electron chi connectivity index (χ4n) is 3.34. The summed E-state index contributed by atoms with van der Waals surface area (Å²) in [7, 11) is 0. The zero-order valence-electron chi connectivity index (χ0n) is 15.2. The van der Waals surface area contributed by atoms with E-state index in [1.807, 2.05) is 0 Å². The minimum atomic E-state index is -0.459. The second kappa shape index (κ2) is 6.92. The predicted molar refractivity (Wildman–Crippen MR) is 107 cm³/mol. The summed E-state index contributed by atoms with van der Waals surface area (Å²) < 4.78 is 16.1. The third kappa shape index (κ3) is 3.23. The Balaban J connectivity index is 1.45. The van der Waals surface area contributed by atoms with Crippen molar-refractivity contribution < 1.29 is 9.18 Å². The second-order valence-corrected chi connectivity index (χ2v) is 7.75. The molecule has 5 rings (SSSR count). The molecule has 1 amide bonds. The third-order valence-corrected chi connectivity index (χ3v) is 5.87. The maximum Gasteiger partial charge on any atom is 0.352 e. The van der Waals surface area contributed by atoms with Gasteiger partial charge in [-0.2, -0.15) is 4.98 Å². The Bertz CT molecular complexity index is 1270. The highest BCUT2D eigenvalue weighted by atomic mass is 32.1. The van der Waals surface area contributed by atoms with Crippen molar-refractivity contribution in [3.63, 3.8) is 0 Å². The van der Waals surface area contributed by atoms with Crippen molar-refractivity contribution in [2.45, 2.75) is 19.4 Å². The minimum Gasteiger partial charge on any atom is -0.348 e. The molecule has 0 unspecified atom stereocenters. The molecule has 1 aliphatic heterocycles. The first-order chi connectivity index (χ1) is 14.1. The van der Waals surface area contributed by atoms with E-state index in [1.165, 1.54) is 46.3 Å². The zero-order valence-corrected chi connectivity index (χ0v) is 16.0. The van der Waals surface area contributed by atoms with Crippen LogP contribution in [0.15, 0.2) is 35.4 Å². The molecule has 29 heavy (non-hydrogen) atoms. The Kier molecular flexibility index (Phi) is 4.23. The van der Waals surface area contributed by atoms with Crippen LogP contribution in [-0.4, -0.2) is 43.1 Å². The molecule has 1 saturated heterocycles. The lowest BCUT2D eigenvalue weighted by atomic mass is 10.3. The Hall–Kier alpha value is -3.34. The standard InChI is InChI=1S/C18H16FN7O2S/c19-11-3-5-12(6-4-11)21-13(27)9-26-18(28)25-10-20-15-14(16(25)23-26)29-17(22-15)24-7-1-2-8-24/h3-6,10H,1-2,7-9H2,(H,21,27). The van der Waals surface area contributed by atoms with Gasteiger partial charge in [-0.25, -0.2) is 23.3 Å². The summed E-state index contributed by atoms with van der Waals surface area (Å²) >= 11 is 1.45. The molecule has 3 aromatic heterocycles. The van der Waals surface area contributed by atoms with Crippen LogP contribution in [0.1, 0.15) is 12.8 Å². The molecule has 0 bridgehead atoms. The molecule has 1 aromatic carbocycles. The molecule has 1 aliphatic rings. The number of fused-ring (bicyclic) bond motifs is 3. The molecule has 0 spiro atoms. The van der Waals surface area contributed by atoms with Gasteiger partial charge in [0.15, 0.2) is 16.4 Å². The summed E-state index contributed by atoms with van der Waals surface area (Å²) in [6.45, 7) is 1.65.